The Hall–Kier alpha value is -4.10. The molecule has 0 bridgehead atoms. The number of amides is 2. The highest BCUT2D eigenvalue weighted by Crippen LogP contribution is 2.33. The molecule has 4 aromatic rings. The first-order chi connectivity index (χ1) is 17.6. The normalized spacial score (nSPS) is 15.2. The molecule has 3 aromatic carbocycles. The van der Waals surface area contributed by atoms with Gasteiger partial charge in [0.15, 0.2) is 5.82 Å². The van der Waals surface area contributed by atoms with Crippen LogP contribution in [0.3, 0.4) is 0 Å². The largest absolute Gasteiger partial charge is 0.280 e. The Balaban J connectivity index is 1.42. The Kier molecular flexibility index (Phi) is 5.49. The van der Waals surface area contributed by atoms with Crippen molar-refractivity contribution in [3.63, 3.8) is 0 Å². The molecule has 0 saturated heterocycles. The Bertz CT molecular complexity index is 1510. The number of hydrogen-bond acceptors (Lipinski definition) is 5. The van der Waals surface area contributed by atoms with Gasteiger partial charge in [0.25, 0.3) is 11.8 Å². The van der Waals surface area contributed by atoms with Gasteiger partial charge < -0.3 is 0 Å². The van der Waals surface area contributed by atoms with Gasteiger partial charge in [-0.05, 0) is 36.8 Å². The van der Waals surface area contributed by atoms with Gasteiger partial charge in [-0.15, -0.1) is 10.2 Å². The summed E-state index contributed by atoms with van der Waals surface area (Å²) >= 11 is 6.43. The van der Waals surface area contributed by atoms with E-state index in [1.165, 1.54) is 4.90 Å². The molecule has 3 heterocycles. The highest BCUT2D eigenvalue weighted by Gasteiger charge is 2.37. The number of halogens is 1. The minimum atomic E-state index is -0.272. The van der Waals surface area contributed by atoms with Gasteiger partial charge >= 0.3 is 0 Å². The third kappa shape index (κ3) is 3.55. The molecule has 2 aliphatic heterocycles. The van der Waals surface area contributed by atoms with E-state index >= 15 is 0 Å². The van der Waals surface area contributed by atoms with Gasteiger partial charge in [0.2, 0.25) is 0 Å². The van der Waals surface area contributed by atoms with Crippen molar-refractivity contribution in [1.29, 1.82) is 0 Å². The highest BCUT2D eigenvalue weighted by molar-refractivity contribution is 6.31. The number of carbonyl (C=O) groups excluding carboxylic acids is 2. The van der Waals surface area contributed by atoms with Crippen molar-refractivity contribution >= 4 is 29.1 Å². The summed E-state index contributed by atoms with van der Waals surface area (Å²) in [4.78, 5) is 32.3. The minimum Gasteiger partial charge on any atom is -0.280 e. The topological polar surface area (TPSA) is 80.5 Å². The van der Waals surface area contributed by atoms with Crippen LogP contribution in [0.25, 0.3) is 5.69 Å². The van der Waals surface area contributed by atoms with E-state index in [0.717, 1.165) is 22.5 Å². The number of hydrogen-bond donors (Lipinski definition) is 0. The summed E-state index contributed by atoms with van der Waals surface area (Å²) in [7, 11) is 0. The molecule has 178 valence electrons. The van der Waals surface area contributed by atoms with Gasteiger partial charge in [-0.3, -0.25) is 24.0 Å². The van der Waals surface area contributed by atoms with Crippen molar-refractivity contribution in [3.8, 4) is 5.69 Å². The number of carbonyl (C=O) groups is 2. The molecule has 1 aromatic heterocycles. The molecular formula is C28H22ClN5O2. The van der Waals surface area contributed by atoms with E-state index in [4.69, 9.17) is 16.6 Å². The van der Waals surface area contributed by atoms with Crippen LogP contribution in [0.4, 0.5) is 0 Å². The molecule has 2 amide bonds. The SMILES string of the molecule is CCC(CN1C(=O)c2ccccc2C1=O)c1nnc2n1-c1ccc(Cl)cc1C(c1ccccc1)=NC2. The number of imide groups is 1. The molecule has 1 atom stereocenters. The number of rotatable bonds is 5. The maximum Gasteiger partial charge on any atom is 0.261 e. The van der Waals surface area contributed by atoms with E-state index in [1.807, 2.05) is 60.0 Å². The minimum absolute atomic E-state index is 0.213. The van der Waals surface area contributed by atoms with Crippen molar-refractivity contribution in [3.05, 3.63) is 112 Å². The highest BCUT2D eigenvalue weighted by atomic mass is 35.5. The number of nitrogens with zero attached hydrogens (tertiary/aromatic N) is 5. The molecule has 0 radical (unpaired) electrons. The molecular weight excluding hydrogens is 474 g/mol. The third-order valence-corrected chi connectivity index (χ3v) is 7.01. The second-order valence-electron chi connectivity index (χ2n) is 8.87. The Labute approximate surface area is 213 Å². The Morgan fingerprint density at radius 1 is 0.889 bits per heavy atom. The molecule has 0 N–H and O–H groups in total. The number of aromatic nitrogens is 3. The zero-order chi connectivity index (χ0) is 24.8. The van der Waals surface area contributed by atoms with E-state index in [9.17, 15) is 9.59 Å². The van der Waals surface area contributed by atoms with Crippen LogP contribution in [-0.2, 0) is 6.54 Å². The zero-order valence-corrected chi connectivity index (χ0v) is 20.3. The second-order valence-corrected chi connectivity index (χ2v) is 9.31. The molecule has 2 aliphatic rings. The molecule has 36 heavy (non-hydrogen) atoms. The van der Waals surface area contributed by atoms with E-state index in [-0.39, 0.29) is 24.3 Å². The fourth-order valence-electron chi connectivity index (χ4n) is 4.95. The third-order valence-electron chi connectivity index (χ3n) is 6.77. The first-order valence-electron chi connectivity index (χ1n) is 11.9. The standard InChI is InChI=1S/C28H22ClN5O2/c1-2-17(16-33-27(35)20-10-6-7-11-21(20)28(33)36)26-32-31-24-15-30-25(18-8-4-3-5-9-18)22-14-19(29)12-13-23(22)34(24)26/h3-14,17H,2,15-16H2,1H3. The maximum atomic E-state index is 13.0. The van der Waals surface area contributed by atoms with E-state index < -0.39 is 0 Å². The zero-order valence-electron chi connectivity index (χ0n) is 19.6. The van der Waals surface area contributed by atoms with Crippen LogP contribution in [-0.4, -0.2) is 43.7 Å². The van der Waals surface area contributed by atoms with Crippen molar-refractivity contribution in [2.75, 3.05) is 6.54 Å². The molecule has 0 saturated carbocycles. The van der Waals surface area contributed by atoms with Crippen LogP contribution < -0.4 is 0 Å². The van der Waals surface area contributed by atoms with E-state index in [0.29, 0.717) is 40.8 Å². The lowest BCUT2D eigenvalue weighted by molar-refractivity contribution is 0.0642. The van der Waals surface area contributed by atoms with Gasteiger partial charge in [0, 0.05) is 28.6 Å². The van der Waals surface area contributed by atoms with Gasteiger partial charge in [-0.2, -0.15) is 0 Å². The van der Waals surface area contributed by atoms with E-state index in [2.05, 4.69) is 10.2 Å². The summed E-state index contributed by atoms with van der Waals surface area (Å²) in [6.07, 6.45) is 0.668. The van der Waals surface area contributed by atoms with Crippen LogP contribution in [0.2, 0.25) is 5.02 Å². The maximum absolute atomic E-state index is 13.0. The van der Waals surface area contributed by atoms with Gasteiger partial charge in [0.05, 0.1) is 22.5 Å². The van der Waals surface area contributed by atoms with Crippen LogP contribution in [0.5, 0.6) is 0 Å². The van der Waals surface area contributed by atoms with Gasteiger partial charge in [0.1, 0.15) is 12.4 Å². The van der Waals surface area contributed by atoms with E-state index in [1.54, 1.807) is 24.3 Å². The molecule has 0 aliphatic carbocycles. The predicted octanol–water partition coefficient (Wildman–Crippen LogP) is 5.06. The predicted molar refractivity (Wildman–Crippen MR) is 137 cm³/mol. The van der Waals surface area contributed by atoms with Gasteiger partial charge in [-0.25, -0.2) is 0 Å². The molecule has 7 nitrogen and oxygen atoms in total. The summed E-state index contributed by atoms with van der Waals surface area (Å²) in [5.74, 6) is 0.630. The summed E-state index contributed by atoms with van der Waals surface area (Å²) < 4.78 is 2.01. The average Bonchev–Trinajstić information content (AvgIpc) is 3.37. The molecule has 8 heteroatoms. The van der Waals surface area contributed by atoms with Crippen LogP contribution >= 0.6 is 11.6 Å². The quantitative estimate of drug-likeness (QED) is 0.362. The van der Waals surface area contributed by atoms with Crippen molar-refractivity contribution < 1.29 is 9.59 Å². The fraction of sp³-hybridized carbons (Fsp3) is 0.179. The summed E-state index contributed by atoms with van der Waals surface area (Å²) in [6, 6.07) is 22.6. The first-order valence-corrected chi connectivity index (χ1v) is 12.2. The smallest absolute Gasteiger partial charge is 0.261 e. The number of fused-ring (bicyclic) bond motifs is 4. The fourth-order valence-corrected chi connectivity index (χ4v) is 5.12. The number of aliphatic imine (C=N–C) groups is 1. The lowest BCUT2D eigenvalue weighted by atomic mass is 9.99. The molecule has 0 fully saturated rings. The summed E-state index contributed by atoms with van der Waals surface area (Å²) in [5.41, 5.74) is 4.45. The van der Waals surface area contributed by atoms with Gasteiger partial charge in [-0.1, -0.05) is 61.0 Å². The van der Waals surface area contributed by atoms with Crippen LogP contribution in [0, 0.1) is 0 Å². The van der Waals surface area contributed by atoms with Crippen LogP contribution in [0.15, 0.2) is 77.8 Å². The second kappa shape index (κ2) is 8.84. The van der Waals surface area contributed by atoms with Crippen molar-refractivity contribution in [2.45, 2.75) is 25.8 Å². The Morgan fingerprint density at radius 2 is 1.58 bits per heavy atom. The van der Waals surface area contributed by atoms with Crippen molar-refractivity contribution in [2.24, 2.45) is 4.99 Å². The Morgan fingerprint density at radius 3 is 2.28 bits per heavy atom. The lowest BCUT2D eigenvalue weighted by Crippen LogP contribution is -2.34. The monoisotopic (exact) mass is 495 g/mol. The van der Waals surface area contributed by atoms with Crippen LogP contribution in [0.1, 0.15) is 62.8 Å². The summed E-state index contributed by atoms with van der Waals surface area (Å²) in [5, 5.41) is 9.61. The molecule has 0 spiro atoms. The first kappa shape index (κ1) is 22.4. The average molecular weight is 496 g/mol. The summed E-state index contributed by atoms with van der Waals surface area (Å²) in [6.45, 7) is 2.58. The van der Waals surface area contributed by atoms with Crippen molar-refractivity contribution in [1.82, 2.24) is 19.7 Å². The molecule has 6 rings (SSSR count). The number of benzene rings is 3. The molecule has 1 unspecified atom stereocenters. The lowest BCUT2D eigenvalue weighted by Gasteiger charge is -2.22.